The molecule has 0 aliphatic heterocycles. The maximum atomic E-state index is 13.2. The third-order valence-corrected chi connectivity index (χ3v) is 4.79. The second kappa shape index (κ2) is 7.52. The number of halogens is 4. The number of aromatic nitrogens is 1. The number of nitrogens with one attached hydrogen (secondary N) is 2. The van der Waals surface area contributed by atoms with E-state index in [1.165, 1.54) is 26.1 Å². The lowest BCUT2D eigenvalue weighted by molar-refractivity contribution is -0.274. The summed E-state index contributed by atoms with van der Waals surface area (Å²) in [6.07, 6.45) is -4.88. The first kappa shape index (κ1) is 21.4. The Morgan fingerprint density at radius 2 is 1.87 bits per heavy atom. The van der Waals surface area contributed by atoms with Crippen molar-refractivity contribution in [3.05, 3.63) is 55.1 Å². The quantitative estimate of drug-likeness (QED) is 0.482. The third kappa shape index (κ3) is 3.65. The van der Waals surface area contributed by atoms with E-state index in [9.17, 15) is 27.9 Å². The van der Waals surface area contributed by atoms with Gasteiger partial charge in [0, 0.05) is 12.8 Å². The molecule has 158 valence electrons. The summed E-state index contributed by atoms with van der Waals surface area (Å²) in [7, 11) is 1.45. The van der Waals surface area contributed by atoms with Gasteiger partial charge in [-0.05, 0) is 47.1 Å². The van der Waals surface area contributed by atoms with E-state index < -0.39 is 29.0 Å². The molecule has 0 fully saturated rings. The van der Waals surface area contributed by atoms with E-state index in [2.05, 4.69) is 26.0 Å². The summed E-state index contributed by atoms with van der Waals surface area (Å²) in [4.78, 5) is 25.1. The maximum absolute atomic E-state index is 13.2. The lowest BCUT2D eigenvalue weighted by Gasteiger charge is -2.19. The molecule has 0 unspecified atom stereocenters. The van der Waals surface area contributed by atoms with Crippen LogP contribution in [-0.4, -0.2) is 28.8 Å². The minimum absolute atomic E-state index is 0.0163. The summed E-state index contributed by atoms with van der Waals surface area (Å²) < 4.78 is 46.8. The molecule has 2 heterocycles. The fraction of sp³-hybridized carbons (Fsp3) is 0.167. The van der Waals surface area contributed by atoms with Gasteiger partial charge in [0.25, 0.3) is 5.56 Å². The van der Waals surface area contributed by atoms with Crippen molar-refractivity contribution in [1.29, 1.82) is 5.41 Å². The van der Waals surface area contributed by atoms with Crippen LogP contribution in [0.5, 0.6) is 11.5 Å². The van der Waals surface area contributed by atoms with E-state index >= 15 is 0 Å². The predicted octanol–water partition coefficient (Wildman–Crippen LogP) is 3.74. The summed E-state index contributed by atoms with van der Waals surface area (Å²) in [5, 5.41) is 20.8. The van der Waals surface area contributed by atoms with Gasteiger partial charge in [-0.3, -0.25) is 9.36 Å². The monoisotopic (exact) mass is 487 g/mol. The summed E-state index contributed by atoms with van der Waals surface area (Å²) in [5.41, 5.74) is -2.04. The van der Waals surface area contributed by atoms with Gasteiger partial charge in [-0.1, -0.05) is 0 Å². The highest BCUT2D eigenvalue weighted by Crippen LogP contribution is 2.33. The Morgan fingerprint density at radius 1 is 1.27 bits per heavy atom. The Kier molecular flexibility index (Phi) is 5.37. The molecule has 0 spiro atoms. The molecule has 0 radical (unpaired) electrons. The fourth-order valence-corrected chi connectivity index (χ4v) is 3.22. The molecule has 3 aromatic rings. The van der Waals surface area contributed by atoms with Crippen molar-refractivity contribution in [1.82, 2.24) is 4.57 Å². The zero-order chi connectivity index (χ0) is 22.4. The van der Waals surface area contributed by atoms with Crippen molar-refractivity contribution in [3.63, 3.8) is 0 Å². The molecule has 1 aromatic carbocycles. The molecular formula is C18H13BrF3N3O5. The fourth-order valence-electron chi connectivity index (χ4n) is 2.94. The van der Waals surface area contributed by atoms with Gasteiger partial charge in [-0.2, -0.15) is 0 Å². The molecule has 0 saturated carbocycles. The average molecular weight is 488 g/mol. The van der Waals surface area contributed by atoms with E-state index in [1.54, 1.807) is 0 Å². The first-order valence-electron chi connectivity index (χ1n) is 8.20. The molecule has 0 bridgehead atoms. The van der Waals surface area contributed by atoms with Crippen LogP contribution in [-0.2, 0) is 0 Å². The molecule has 12 heteroatoms. The normalized spacial score (nSPS) is 11.5. The van der Waals surface area contributed by atoms with Crippen LogP contribution in [0.15, 0.2) is 42.7 Å². The van der Waals surface area contributed by atoms with Crippen LogP contribution in [0.1, 0.15) is 12.5 Å². The zero-order valence-corrected chi connectivity index (χ0v) is 16.9. The number of ether oxygens (including phenoxy) is 1. The van der Waals surface area contributed by atoms with Crippen molar-refractivity contribution < 1.29 is 27.4 Å². The Bertz CT molecular complexity index is 1280. The second-order valence-corrected chi connectivity index (χ2v) is 6.83. The van der Waals surface area contributed by atoms with Crippen LogP contribution >= 0.6 is 15.9 Å². The smallest absolute Gasteiger partial charge is 0.506 e. The van der Waals surface area contributed by atoms with E-state index in [0.29, 0.717) is 0 Å². The zero-order valence-electron chi connectivity index (χ0n) is 15.3. The molecule has 0 aliphatic rings. The number of rotatable bonds is 4. The predicted molar refractivity (Wildman–Crippen MR) is 106 cm³/mol. The van der Waals surface area contributed by atoms with Crippen molar-refractivity contribution in [2.45, 2.75) is 13.3 Å². The van der Waals surface area contributed by atoms with Crippen molar-refractivity contribution in [2.24, 2.45) is 0 Å². The Balaban J connectivity index is 2.40. The van der Waals surface area contributed by atoms with Gasteiger partial charge in [0.1, 0.15) is 21.4 Å². The number of anilines is 1. The van der Waals surface area contributed by atoms with E-state index in [0.717, 1.165) is 16.7 Å². The Hall–Kier alpha value is -3.28. The minimum Gasteiger partial charge on any atom is -0.506 e. The van der Waals surface area contributed by atoms with Gasteiger partial charge < -0.3 is 25.0 Å². The average Bonchev–Trinajstić information content (AvgIpc) is 2.65. The van der Waals surface area contributed by atoms with Gasteiger partial charge >= 0.3 is 12.0 Å². The van der Waals surface area contributed by atoms with Crippen molar-refractivity contribution in [3.8, 4) is 17.2 Å². The van der Waals surface area contributed by atoms with E-state index in [-0.39, 0.29) is 38.2 Å². The highest BCUT2D eigenvalue weighted by molar-refractivity contribution is 9.10. The molecule has 30 heavy (non-hydrogen) atoms. The number of fused-ring (bicyclic) bond motifs is 1. The number of aromatic hydroxyl groups is 1. The molecular weight excluding hydrogens is 475 g/mol. The van der Waals surface area contributed by atoms with Crippen molar-refractivity contribution in [2.75, 3.05) is 12.4 Å². The number of nitrogens with zero attached hydrogens (tertiary/aromatic N) is 1. The van der Waals surface area contributed by atoms with Gasteiger partial charge in [0.2, 0.25) is 0 Å². The topological polar surface area (TPSA) is 118 Å². The molecule has 8 nitrogen and oxygen atoms in total. The Morgan fingerprint density at radius 3 is 2.37 bits per heavy atom. The van der Waals surface area contributed by atoms with Crippen LogP contribution in [0.3, 0.4) is 0 Å². The number of pyridine rings is 1. The summed E-state index contributed by atoms with van der Waals surface area (Å²) in [6.45, 7) is 1.38. The number of benzene rings is 1. The molecule has 2 aromatic heterocycles. The standard InChI is InChI=1S/C18H13BrF3N3O5/c1-7(23)10-14-11(13(26)12(19)17(28)29-14)16(27)25(15(10)24-2)8-3-5-9(6-4-8)30-18(20,21)22/h3-6,23-24,26H,1-2H3. The van der Waals surface area contributed by atoms with Gasteiger partial charge in [0.15, 0.2) is 11.3 Å². The number of hydrogen-bond acceptors (Lipinski definition) is 7. The second-order valence-electron chi connectivity index (χ2n) is 6.04. The van der Waals surface area contributed by atoms with Crippen LogP contribution in [0.4, 0.5) is 19.0 Å². The number of alkyl halides is 3. The summed E-state index contributed by atoms with van der Waals surface area (Å²) in [6, 6.07) is 4.42. The van der Waals surface area contributed by atoms with Gasteiger partial charge in [0.05, 0.1) is 11.3 Å². The summed E-state index contributed by atoms with van der Waals surface area (Å²) in [5.74, 6) is -1.14. The van der Waals surface area contributed by atoms with Crippen molar-refractivity contribution >= 4 is 38.4 Å². The van der Waals surface area contributed by atoms with E-state index in [1.807, 2.05) is 0 Å². The van der Waals surface area contributed by atoms with Crippen LogP contribution in [0.2, 0.25) is 0 Å². The maximum Gasteiger partial charge on any atom is 0.573 e. The van der Waals surface area contributed by atoms with Gasteiger partial charge in [-0.15, -0.1) is 13.2 Å². The highest BCUT2D eigenvalue weighted by Gasteiger charge is 2.31. The molecule has 0 saturated heterocycles. The van der Waals surface area contributed by atoms with Crippen LogP contribution < -0.4 is 21.2 Å². The lowest BCUT2D eigenvalue weighted by atomic mass is 10.1. The summed E-state index contributed by atoms with van der Waals surface area (Å²) >= 11 is 2.85. The molecule has 3 rings (SSSR count). The SMILES string of the molecule is CNc1c(C(C)=N)c2oc(=O)c(Br)c(O)c2c(=O)n1-c1ccc(OC(F)(F)F)cc1. The highest BCUT2D eigenvalue weighted by atomic mass is 79.9. The minimum atomic E-state index is -4.88. The molecule has 0 aliphatic carbocycles. The Labute approximate surface area is 174 Å². The van der Waals surface area contributed by atoms with Gasteiger partial charge in [-0.25, -0.2) is 4.79 Å². The largest absolute Gasteiger partial charge is 0.573 e. The first-order valence-corrected chi connectivity index (χ1v) is 8.99. The van der Waals surface area contributed by atoms with E-state index in [4.69, 9.17) is 9.83 Å². The molecule has 0 amide bonds. The molecule has 0 atom stereocenters. The van der Waals surface area contributed by atoms with Crippen LogP contribution in [0, 0.1) is 5.41 Å². The number of hydrogen-bond donors (Lipinski definition) is 3. The lowest BCUT2D eigenvalue weighted by Crippen LogP contribution is -2.25. The first-order chi connectivity index (χ1) is 14.0. The third-order valence-electron chi connectivity index (χ3n) is 4.09. The van der Waals surface area contributed by atoms with Crippen LogP contribution in [0.25, 0.3) is 16.7 Å². The molecule has 3 N–H and O–H groups in total.